The van der Waals surface area contributed by atoms with E-state index in [-0.39, 0.29) is 23.2 Å². The Labute approximate surface area is 244 Å². The van der Waals surface area contributed by atoms with Crippen molar-refractivity contribution in [3.63, 3.8) is 0 Å². The molecule has 2 amide bonds. The van der Waals surface area contributed by atoms with Gasteiger partial charge in [0.05, 0.1) is 22.0 Å². The fraction of sp³-hybridized carbons (Fsp3) is 0.571. The van der Waals surface area contributed by atoms with Crippen molar-refractivity contribution in [1.82, 2.24) is 30.4 Å². The molecule has 6 heterocycles. The predicted octanol–water partition coefficient (Wildman–Crippen LogP) is 1.41. The average Bonchev–Trinajstić information content (AvgIpc) is 3.58. The summed E-state index contributed by atoms with van der Waals surface area (Å²) in [4.78, 5) is 44.9. The van der Waals surface area contributed by atoms with Gasteiger partial charge in [0.25, 0.3) is 0 Å². The first-order valence-corrected chi connectivity index (χ1v) is 15.9. The van der Waals surface area contributed by atoms with Crippen molar-refractivity contribution in [1.29, 1.82) is 0 Å². The Kier molecular flexibility index (Phi) is 7.38. The summed E-state index contributed by atoms with van der Waals surface area (Å²) in [6.45, 7) is 9.31. The normalized spacial score (nSPS) is 25.7. The second-order valence-corrected chi connectivity index (χ2v) is 12.9. The summed E-state index contributed by atoms with van der Waals surface area (Å²) in [5.74, 6) is 2.74. The fourth-order valence-corrected chi connectivity index (χ4v) is 8.10. The number of piperidine rings is 1. The lowest BCUT2D eigenvalue weighted by Crippen LogP contribution is -2.51. The van der Waals surface area contributed by atoms with Gasteiger partial charge < -0.3 is 15.1 Å². The number of thiol groups is 1. The maximum atomic E-state index is 12.5. The van der Waals surface area contributed by atoms with Crippen molar-refractivity contribution in [2.24, 2.45) is 0 Å². The molecule has 3 fully saturated rings. The van der Waals surface area contributed by atoms with E-state index >= 15 is 0 Å². The molecule has 7 rings (SSSR count). The summed E-state index contributed by atoms with van der Waals surface area (Å²) in [6.07, 6.45) is 1.96. The second kappa shape index (κ2) is 11.1. The SMILES string of the molecule is O=C1CCC(N2Cc3ccc(CN4CCN(c5nc6c(c(N7CCNCC7)n5)SCC6)CC4)cc3C2S)C(=O)N1. The van der Waals surface area contributed by atoms with E-state index in [1.165, 1.54) is 27.3 Å². The number of nitrogens with zero attached hydrogens (tertiary/aromatic N) is 6. The first kappa shape index (κ1) is 26.5. The fourth-order valence-electron chi connectivity index (χ4n) is 6.50. The van der Waals surface area contributed by atoms with Crippen molar-refractivity contribution in [2.45, 2.75) is 48.7 Å². The number of hydrogen-bond acceptors (Lipinski definition) is 11. The van der Waals surface area contributed by atoms with Gasteiger partial charge in [0, 0.05) is 84.0 Å². The summed E-state index contributed by atoms with van der Waals surface area (Å²) in [5.41, 5.74) is 4.87. The van der Waals surface area contributed by atoms with Gasteiger partial charge in [-0.25, -0.2) is 4.98 Å². The number of piperazine rings is 2. The first-order valence-electron chi connectivity index (χ1n) is 14.4. The van der Waals surface area contributed by atoms with Crippen molar-refractivity contribution in [3.05, 3.63) is 40.6 Å². The molecule has 2 unspecified atom stereocenters. The lowest BCUT2D eigenvalue weighted by molar-refractivity contribution is -0.137. The number of aryl methyl sites for hydroxylation is 1. The molecular weight excluding hydrogens is 544 g/mol. The van der Waals surface area contributed by atoms with E-state index in [2.05, 4.69) is 48.4 Å². The van der Waals surface area contributed by atoms with Crippen LogP contribution >= 0.6 is 24.4 Å². The van der Waals surface area contributed by atoms with E-state index < -0.39 is 0 Å². The second-order valence-electron chi connectivity index (χ2n) is 11.3. The topological polar surface area (TPSA) is 96.9 Å². The van der Waals surface area contributed by atoms with Crippen LogP contribution in [0.15, 0.2) is 23.1 Å². The average molecular weight is 581 g/mol. The zero-order valence-corrected chi connectivity index (χ0v) is 24.4. The van der Waals surface area contributed by atoms with Crippen LogP contribution in [0.1, 0.15) is 40.6 Å². The molecule has 1 aromatic carbocycles. The quantitative estimate of drug-likeness (QED) is 0.356. The lowest BCUT2D eigenvalue weighted by Gasteiger charge is -2.36. The molecule has 1 aromatic heterocycles. The van der Waals surface area contributed by atoms with E-state index in [1.807, 2.05) is 11.8 Å². The van der Waals surface area contributed by atoms with Crippen molar-refractivity contribution < 1.29 is 9.59 Å². The Hall–Kier alpha value is -2.38. The van der Waals surface area contributed by atoms with Gasteiger partial charge >= 0.3 is 0 Å². The molecule has 40 heavy (non-hydrogen) atoms. The highest BCUT2D eigenvalue weighted by molar-refractivity contribution is 7.99. The Morgan fingerprint density at radius 3 is 2.62 bits per heavy atom. The van der Waals surface area contributed by atoms with E-state index in [4.69, 9.17) is 22.6 Å². The van der Waals surface area contributed by atoms with Crippen LogP contribution in [0.25, 0.3) is 0 Å². The monoisotopic (exact) mass is 580 g/mol. The van der Waals surface area contributed by atoms with E-state index in [0.29, 0.717) is 19.4 Å². The lowest BCUT2D eigenvalue weighted by atomic mass is 10.0. The molecule has 2 atom stereocenters. The van der Waals surface area contributed by atoms with Crippen LogP contribution in [0, 0.1) is 0 Å². The summed E-state index contributed by atoms with van der Waals surface area (Å²) in [7, 11) is 0. The number of imide groups is 1. The largest absolute Gasteiger partial charge is 0.353 e. The number of anilines is 2. The van der Waals surface area contributed by atoms with Crippen molar-refractivity contribution >= 4 is 48.0 Å². The molecule has 2 N–H and O–H groups in total. The highest BCUT2D eigenvalue weighted by Gasteiger charge is 2.39. The summed E-state index contributed by atoms with van der Waals surface area (Å²) >= 11 is 6.80. The number of amides is 2. The number of benzene rings is 1. The Morgan fingerprint density at radius 2 is 1.82 bits per heavy atom. The third kappa shape index (κ3) is 5.09. The minimum absolute atomic E-state index is 0.143. The highest BCUT2D eigenvalue weighted by Crippen LogP contribution is 2.40. The molecular formula is C28H36N8O2S2. The third-order valence-electron chi connectivity index (χ3n) is 8.74. The third-order valence-corrected chi connectivity index (χ3v) is 10.4. The number of carbonyl (C=O) groups excluding carboxylic acids is 2. The van der Waals surface area contributed by atoms with Gasteiger partial charge in [-0.3, -0.25) is 24.7 Å². The number of nitrogens with one attached hydrogen (secondary N) is 2. The molecule has 2 aromatic rings. The number of fused-ring (bicyclic) bond motifs is 2. The Morgan fingerprint density at radius 1 is 1.00 bits per heavy atom. The minimum Gasteiger partial charge on any atom is -0.353 e. The smallest absolute Gasteiger partial charge is 0.243 e. The summed E-state index contributed by atoms with van der Waals surface area (Å²) < 4.78 is 0. The zero-order valence-electron chi connectivity index (χ0n) is 22.6. The first-order chi connectivity index (χ1) is 19.5. The van der Waals surface area contributed by atoms with Crippen LogP contribution in [0.5, 0.6) is 0 Å². The number of thioether (sulfide) groups is 1. The number of carbonyl (C=O) groups is 2. The van der Waals surface area contributed by atoms with Gasteiger partial charge in [-0.2, -0.15) is 17.6 Å². The summed E-state index contributed by atoms with van der Waals surface area (Å²) in [6, 6.07) is 6.34. The zero-order chi connectivity index (χ0) is 27.2. The number of aromatic nitrogens is 2. The van der Waals surface area contributed by atoms with E-state index in [0.717, 1.165) is 82.8 Å². The Balaban J connectivity index is 0.996. The van der Waals surface area contributed by atoms with Crippen LogP contribution in [0.4, 0.5) is 11.8 Å². The molecule has 0 bridgehead atoms. The maximum Gasteiger partial charge on any atom is 0.243 e. The van der Waals surface area contributed by atoms with E-state index in [1.54, 1.807) is 0 Å². The van der Waals surface area contributed by atoms with Gasteiger partial charge in [-0.05, 0) is 23.1 Å². The Bertz CT molecular complexity index is 1310. The summed E-state index contributed by atoms with van der Waals surface area (Å²) in [5, 5.41) is 5.79. The highest BCUT2D eigenvalue weighted by atomic mass is 32.2. The van der Waals surface area contributed by atoms with Gasteiger partial charge in [-0.15, -0.1) is 11.8 Å². The van der Waals surface area contributed by atoms with Crippen LogP contribution in [0.3, 0.4) is 0 Å². The molecule has 12 heteroatoms. The standard InChI is InChI=1S/C28H36N8O2S2/c37-23-4-3-22(26(38)31-23)36-17-19-2-1-18(15-20(19)27(36)39)16-33-10-12-35(13-11-33)28-30-21-5-14-40-24(21)25(32-28)34-8-6-29-7-9-34/h1-2,15,22,27,29,39H,3-14,16-17H2,(H,31,37,38). The molecule has 10 nitrogen and oxygen atoms in total. The van der Waals surface area contributed by atoms with Crippen LogP contribution in [-0.2, 0) is 29.1 Å². The molecule has 0 aliphatic carbocycles. The molecule has 212 valence electrons. The van der Waals surface area contributed by atoms with Crippen LogP contribution in [-0.4, -0.2) is 95.7 Å². The van der Waals surface area contributed by atoms with Gasteiger partial charge in [0.2, 0.25) is 17.8 Å². The molecule has 0 spiro atoms. The molecule has 0 radical (unpaired) electrons. The number of hydrogen-bond donors (Lipinski definition) is 3. The van der Waals surface area contributed by atoms with Gasteiger partial charge in [0.1, 0.15) is 5.82 Å². The molecule has 3 saturated heterocycles. The minimum atomic E-state index is -0.309. The van der Waals surface area contributed by atoms with Gasteiger partial charge in [0.15, 0.2) is 0 Å². The maximum absolute atomic E-state index is 12.5. The predicted molar refractivity (Wildman–Crippen MR) is 159 cm³/mol. The molecule has 5 aliphatic rings. The van der Waals surface area contributed by atoms with E-state index in [9.17, 15) is 9.59 Å². The number of rotatable bonds is 5. The van der Waals surface area contributed by atoms with Crippen molar-refractivity contribution in [3.8, 4) is 0 Å². The molecule has 5 aliphatic heterocycles. The van der Waals surface area contributed by atoms with Crippen LogP contribution in [0.2, 0.25) is 0 Å². The van der Waals surface area contributed by atoms with Crippen molar-refractivity contribution in [2.75, 3.05) is 67.9 Å². The molecule has 0 saturated carbocycles. The van der Waals surface area contributed by atoms with Crippen LogP contribution < -0.4 is 20.4 Å². The van der Waals surface area contributed by atoms with Gasteiger partial charge in [-0.1, -0.05) is 18.2 Å².